The van der Waals surface area contributed by atoms with Crippen molar-refractivity contribution in [2.24, 2.45) is 5.73 Å². The highest BCUT2D eigenvalue weighted by Crippen LogP contribution is 2.15. The topological polar surface area (TPSA) is 64.8 Å². The van der Waals surface area contributed by atoms with Crippen LogP contribution in [-0.4, -0.2) is 73.0 Å². The van der Waals surface area contributed by atoms with Gasteiger partial charge < -0.3 is 20.9 Å². The minimum absolute atomic E-state index is 0.0379. The molecular formula is C27H41N5O. The van der Waals surface area contributed by atoms with Gasteiger partial charge in [-0.1, -0.05) is 42.0 Å². The molecule has 1 aliphatic heterocycles. The number of nitrogens with two attached hydrogens (primary N) is 1. The fourth-order valence-corrected chi connectivity index (χ4v) is 4.51. The van der Waals surface area contributed by atoms with Gasteiger partial charge in [0.1, 0.15) is 0 Å². The molecule has 180 valence electrons. The highest BCUT2D eigenvalue weighted by atomic mass is 16.1. The molecule has 1 fully saturated rings. The molecule has 0 spiro atoms. The Morgan fingerprint density at radius 3 is 2.18 bits per heavy atom. The van der Waals surface area contributed by atoms with E-state index in [0.717, 1.165) is 77.6 Å². The first-order valence-corrected chi connectivity index (χ1v) is 12.3. The van der Waals surface area contributed by atoms with Gasteiger partial charge in [0.2, 0.25) is 5.91 Å². The van der Waals surface area contributed by atoms with Crippen molar-refractivity contribution in [3.05, 3.63) is 65.2 Å². The first kappa shape index (κ1) is 25.4. The Morgan fingerprint density at radius 2 is 1.58 bits per heavy atom. The van der Waals surface area contributed by atoms with Crippen molar-refractivity contribution in [1.82, 2.24) is 14.7 Å². The zero-order chi connectivity index (χ0) is 23.5. The number of carbonyl (C=O) groups excluding carboxylic acids is 1. The number of hydrogen-bond acceptors (Lipinski definition) is 5. The number of benzene rings is 2. The summed E-state index contributed by atoms with van der Waals surface area (Å²) >= 11 is 0. The van der Waals surface area contributed by atoms with Crippen LogP contribution in [0, 0.1) is 6.92 Å². The molecule has 33 heavy (non-hydrogen) atoms. The van der Waals surface area contributed by atoms with Crippen LogP contribution in [0.2, 0.25) is 0 Å². The predicted octanol–water partition coefficient (Wildman–Crippen LogP) is 3.31. The van der Waals surface area contributed by atoms with Crippen molar-refractivity contribution in [2.75, 3.05) is 57.7 Å². The van der Waals surface area contributed by atoms with Crippen LogP contribution >= 0.6 is 0 Å². The lowest BCUT2D eigenvalue weighted by Gasteiger charge is -2.35. The number of nitrogens with one attached hydrogen (secondary N) is 1. The van der Waals surface area contributed by atoms with E-state index in [9.17, 15) is 4.79 Å². The molecule has 0 saturated carbocycles. The number of amides is 1. The van der Waals surface area contributed by atoms with Crippen LogP contribution in [0.5, 0.6) is 0 Å². The minimum atomic E-state index is -0.0379. The quantitative estimate of drug-likeness (QED) is 0.518. The first-order valence-electron chi connectivity index (χ1n) is 12.3. The largest absolute Gasteiger partial charge is 0.330 e. The fraction of sp³-hybridized carbons (Fsp3) is 0.519. The molecule has 2 aromatic carbocycles. The number of carbonyl (C=O) groups is 1. The van der Waals surface area contributed by atoms with Crippen molar-refractivity contribution in [3.8, 4) is 0 Å². The number of piperazine rings is 1. The zero-order valence-corrected chi connectivity index (χ0v) is 20.4. The zero-order valence-electron chi connectivity index (χ0n) is 20.4. The highest BCUT2D eigenvalue weighted by Gasteiger charge is 2.16. The van der Waals surface area contributed by atoms with E-state index < -0.39 is 0 Å². The molecular weight excluding hydrogens is 410 g/mol. The lowest BCUT2D eigenvalue weighted by Crippen LogP contribution is -2.47. The molecule has 0 aliphatic carbocycles. The summed E-state index contributed by atoms with van der Waals surface area (Å²) < 4.78 is 0. The van der Waals surface area contributed by atoms with Gasteiger partial charge in [-0.3, -0.25) is 9.69 Å². The van der Waals surface area contributed by atoms with Gasteiger partial charge in [0, 0.05) is 58.4 Å². The molecule has 1 saturated heterocycles. The van der Waals surface area contributed by atoms with Crippen LogP contribution in [0.1, 0.15) is 36.5 Å². The lowest BCUT2D eigenvalue weighted by molar-refractivity contribution is -0.114. The van der Waals surface area contributed by atoms with Gasteiger partial charge in [-0.15, -0.1) is 0 Å². The summed E-state index contributed by atoms with van der Waals surface area (Å²) in [6.07, 6.45) is 2.26. The van der Waals surface area contributed by atoms with Crippen LogP contribution in [-0.2, 0) is 17.9 Å². The number of hydrogen-bond donors (Lipinski definition) is 2. The van der Waals surface area contributed by atoms with E-state index in [1.807, 2.05) is 12.1 Å². The number of aryl methyl sites for hydroxylation is 1. The molecule has 2 aromatic rings. The second kappa shape index (κ2) is 13.5. The van der Waals surface area contributed by atoms with Crippen LogP contribution in [0.25, 0.3) is 0 Å². The number of nitrogens with zero attached hydrogens (tertiary/aromatic N) is 3. The fourth-order valence-electron chi connectivity index (χ4n) is 4.51. The summed E-state index contributed by atoms with van der Waals surface area (Å²) in [4.78, 5) is 19.0. The van der Waals surface area contributed by atoms with Gasteiger partial charge in [0.15, 0.2) is 0 Å². The SMILES string of the molecule is CC(=O)Nc1ccc(CN(CCCN2CCN(CCCN)CC2)Cc2cccc(C)c2)cc1. The average Bonchev–Trinajstić information content (AvgIpc) is 2.79. The monoisotopic (exact) mass is 451 g/mol. The number of rotatable bonds is 12. The van der Waals surface area contributed by atoms with Gasteiger partial charge in [-0.2, -0.15) is 0 Å². The van der Waals surface area contributed by atoms with Crippen molar-refractivity contribution in [3.63, 3.8) is 0 Å². The van der Waals surface area contributed by atoms with Crippen LogP contribution < -0.4 is 11.1 Å². The van der Waals surface area contributed by atoms with Gasteiger partial charge in [0.25, 0.3) is 0 Å². The van der Waals surface area contributed by atoms with Gasteiger partial charge in [-0.05, 0) is 62.7 Å². The predicted molar refractivity (Wildman–Crippen MR) is 137 cm³/mol. The Kier molecular flexibility index (Phi) is 10.3. The molecule has 0 atom stereocenters. The van der Waals surface area contributed by atoms with Crippen LogP contribution in [0.15, 0.2) is 48.5 Å². The van der Waals surface area contributed by atoms with E-state index in [2.05, 4.69) is 63.3 Å². The average molecular weight is 452 g/mol. The Morgan fingerprint density at radius 1 is 0.939 bits per heavy atom. The molecule has 3 rings (SSSR count). The van der Waals surface area contributed by atoms with Crippen molar-refractivity contribution in [2.45, 2.75) is 39.8 Å². The number of anilines is 1. The third-order valence-electron chi connectivity index (χ3n) is 6.26. The smallest absolute Gasteiger partial charge is 0.221 e. The second-order valence-corrected chi connectivity index (χ2v) is 9.26. The molecule has 3 N–H and O–H groups in total. The summed E-state index contributed by atoms with van der Waals surface area (Å²) in [5.74, 6) is -0.0379. The third kappa shape index (κ3) is 9.26. The molecule has 0 bridgehead atoms. The Labute approximate surface area is 199 Å². The third-order valence-corrected chi connectivity index (χ3v) is 6.26. The molecule has 0 aromatic heterocycles. The summed E-state index contributed by atoms with van der Waals surface area (Å²) in [6, 6.07) is 17.0. The Balaban J connectivity index is 1.53. The van der Waals surface area contributed by atoms with E-state index >= 15 is 0 Å². The maximum atomic E-state index is 11.3. The van der Waals surface area contributed by atoms with Crippen LogP contribution in [0.3, 0.4) is 0 Å². The standard InChI is InChI=1S/C27H41N5O/c1-23-6-3-7-26(20-23)22-32(21-25-8-10-27(11-9-25)29-24(2)33)15-5-14-31-18-16-30(17-19-31)13-4-12-28/h3,6-11,20H,4-5,12-19,21-22,28H2,1-2H3,(H,29,33). The summed E-state index contributed by atoms with van der Waals surface area (Å²) in [5, 5.41) is 2.85. The summed E-state index contributed by atoms with van der Waals surface area (Å²) in [7, 11) is 0. The molecule has 1 heterocycles. The molecule has 1 amide bonds. The lowest BCUT2D eigenvalue weighted by atomic mass is 10.1. The molecule has 0 radical (unpaired) electrons. The maximum Gasteiger partial charge on any atom is 0.221 e. The van der Waals surface area contributed by atoms with Gasteiger partial charge >= 0.3 is 0 Å². The van der Waals surface area contributed by atoms with E-state index in [1.54, 1.807) is 0 Å². The molecule has 0 unspecified atom stereocenters. The summed E-state index contributed by atoms with van der Waals surface area (Å²) in [6.45, 7) is 14.3. The van der Waals surface area contributed by atoms with Gasteiger partial charge in [-0.25, -0.2) is 0 Å². The van der Waals surface area contributed by atoms with E-state index in [4.69, 9.17) is 5.73 Å². The van der Waals surface area contributed by atoms with Crippen molar-refractivity contribution < 1.29 is 4.79 Å². The van der Waals surface area contributed by atoms with Gasteiger partial charge in [0.05, 0.1) is 0 Å². The van der Waals surface area contributed by atoms with E-state index in [-0.39, 0.29) is 5.91 Å². The van der Waals surface area contributed by atoms with E-state index in [0.29, 0.717) is 0 Å². The molecule has 6 nitrogen and oxygen atoms in total. The highest BCUT2D eigenvalue weighted by molar-refractivity contribution is 5.88. The minimum Gasteiger partial charge on any atom is -0.330 e. The molecule has 6 heteroatoms. The van der Waals surface area contributed by atoms with E-state index in [1.165, 1.54) is 30.0 Å². The molecule has 1 aliphatic rings. The Bertz CT molecular complexity index is 846. The first-order chi connectivity index (χ1) is 16.0. The Hall–Kier alpha value is -2.25. The maximum absolute atomic E-state index is 11.3. The normalized spacial score (nSPS) is 15.2. The summed E-state index contributed by atoms with van der Waals surface area (Å²) in [5.41, 5.74) is 10.4. The van der Waals surface area contributed by atoms with Crippen LogP contribution in [0.4, 0.5) is 5.69 Å². The van der Waals surface area contributed by atoms with Crippen molar-refractivity contribution in [1.29, 1.82) is 0 Å². The second-order valence-electron chi connectivity index (χ2n) is 9.26. The van der Waals surface area contributed by atoms with Crippen molar-refractivity contribution >= 4 is 11.6 Å².